The molecule has 13 heteroatoms. The minimum absolute atomic E-state index is 0.0679. The molecule has 3 aromatic heterocycles. The zero-order chi connectivity index (χ0) is 24.6. The number of nitrogens with one attached hydrogen (secondary N) is 1. The highest BCUT2D eigenvalue weighted by Gasteiger charge is 2.42. The summed E-state index contributed by atoms with van der Waals surface area (Å²) in [5, 5.41) is 19.4. The van der Waals surface area contributed by atoms with Crippen LogP contribution in [0, 0.1) is 5.82 Å². The number of hydrogen-bond acceptors (Lipinski definition) is 6. The molecule has 0 aliphatic heterocycles. The van der Waals surface area contributed by atoms with E-state index in [1.165, 1.54) is 37.4 Å². The third-order valence-corrected chi connectivity index (χ3v) is 4.63. The Balaban J connectivity index is 1.93. The number of halogens is 4. The third kappa shape index (κ3) is 4.10. The Morgan fingerprint density at radius 2 is 1.91 bits per heavy atom. The van der Waals surface area contributed by atoms with Crippen molar-refractivity contribution in [2.75, 3.05) is 5.32 Å². The van der Waals surface area contributed by atoms with Gasteiger partial charge in [0.15, 0.2) is 17.3 Å². The minimum Gasteiger partial charge on any atom is -0.477 e. The summed E-state index contributed by atoms with van der Waals surface area (Å²) in [5.74, 6) is -3.81. The summed E-state index contributed by atoms with van der Waals surface area (Å²) in [5.41, 5.74) is -3.52. The standard InChI is InChI=1S/C21H13F4N5O4/c1-10(31)28-11-3-2-4-12(7-11)30-19(21(23,24)25)14(8-27-30)18-16(20(32)33)17(29-34-18)13-5-6-26-9-15(13)22/h2-9H,1H3,(H,28,31)(H,32,33). The lowest BCUT2D eigenvalue weighted by Crippen LogP contribution is -2.15. The SMILES string of the molecule is CC(=O)Nc1cccc(-n2ncc(-c3onc(-c4ccncc4F)c3C(=O)O)c2C(F)(F)F)c1. The van der Waals surface area contributed by atoms with Gasteiger partial charge >= 0.3 is 12.1 Å². The Hall–Kier alpha value is -4.55. The Kier molecular flexibility index (Phi) is 5.61. The molecule has 1 aromatic carbocycles. The van der Waals surface area contributed by atoms with Crippen LogP contribution in [-0.4, -0.2) is 36.9 Å². The molecular weight excluding hydrogens is 462 g/mol. The molecule has 0 atom stereocenters. The van der Waals surface area contributed by atoms with Crippen LogP contribution in [0.1, 0.15) is 23.0 Å². The zero-order valence-electron chi connectivity index (χ0n) is 17.1. The Morgan fingerprint density at radius 1 is 1.15 bits per heavy atom. The summed E-state index contributed by atoms with van der Waals surface area (Å²) in [7, 11) is 0. The van der Waals surface area contributed by atoms with Gasteiger partial charge < -0.3 is 14.9 Å². The molecule has 4 aromatic rings. The lowest BCUT2D eigenvalue weighted by molar-refractivity contribution is -0.142. The van der Waals surface area contributed by atoms with E-state index < -0.39 is 52.1 Å². The van der Waals surface area contributed by atoms with Gasteiger partial charge in [-0.3, -0.25) is 9.78 Å². The highest BCUT2D eigenvalue weighted by atomic mass is 19.4. The highest BCUT2D eigenvalue weighted by Crippen LogP contribution is 2.41. The smallest absolute Gasteiger partial charge is 0.434 e. The van der Waals surface area contributed by atoms with Crippen molar-refractivity contribution < 1.29 is 36.8 Å². The number of amides is 1. The number of carboxylic acids is 1. The Labute approximate surface area is 187 Å². The molecule has 0 aliphatic rings. The molecule has 0 saturated heterocycles. The van der Waals surface area contributed by atoms with Crippen molar-refractivity contribution in [3.05, 3.63) is 66.0 Å². The molecule has 0 saturated carbocycles. The molecule has 0 fully saturated rings. The van der Waals surface area contributed by atoms with Crippen molar-refractivity contribution in [2.24, 2.45) is 0 Å². The van der Waals surface area contributed by atoms with Crippen LogP contribution in [0.15, 0.2) is 53.4 Å². The molecular formula is C21H13F4N5O4. The molecule has 9 nitrogen and oxygen atoms in total. The lowest BCUT2D eigenvalue weighted by atomic mass is 10.0. The first-order valence-electron chi connectivity index (χ1n) is 9.44. The van der Waals surface area contributed by atoms with Crippen molar-refractivity contribution in [1.82, 2.24) is 19.9 Å². The predicted molar refractivity (Wildman–Crippen MR) is 109 cm³/mol. The number of aromatic nitrogens is 4. The molecule has 0 radical (unpaired) electrons. The fraction of sp³-hybridized carbons (Fsp3) is 0.0952. The van der Waals surface area contributed by atoms with E-state index in [0.29, 0.717) is 4.68 Å². The maximum absolute atomic E-state index is 14.2. The number of pyridine rings is 1. The molecule has 174 valence electrons. The highest BCUT2D eigenvalue weighted by molar-refractivity contribution is 6.01. The van der Waals surface area contributed by atoms with Gasteiger partial charge in [0.1, 0.15) is 11.3 Å². The molecule has 4 rings (SSSR count). The maximum Gasteiger partial charge on any atom is 0.434 e. The number of carbonyl (C=O) groups excluding carboxylic acids is 1. The van der Waals surface area contributed by atoms with Crippen LogP contribution in [0.4, 0.5) is 23.2 Å². The minimum atomic E-state index is -5.01. The van der Waals surface area contributed by atoms with E-state index >= 15 is 0 Å². The summed E-state index contributed by atoms with van der Waals surface area (Å²) < 4.78 is 62.1. The van der Waals surface area contributed by atoms with Crippen LogP contribution in [0.3, 0.4) is 0 Å². The fourth-order valence-corrected chi connectivity index (χ4v) is 3.33. The van der Waals surface area contributed by atoms with Crippen LogP contribution in [0.5, 0.6) is 0 Å². The first kappa shape index (κ1) is 22.6. The average Bonchev–Trinajstić information content (AvgIpc) is 3.38. The van der Waals surface area contributed by atoms with Crippen molar-refractivity contribution >= 4 is 17.6 Å². The number of anilines is 1. The first-order valence-corrected chi connectivity index (χ1v) is 9.44. The van der Waals surface area contributed by atoms with Gasteiger partial charge in [-0.2, -0.15) is 18.3 Å². The maximum atomic E-state index is 14.2. The topological polar surface area (TPSA) is 123 Å². The second kappa shape index (κ2) is 8.42. The van der Waals surface area contributed by atoms with E-state index in [-0.39, 0.29) is 16.9 Å². The summed E-state index contributed by atoms with van der Waals surface area (Å²) >= 11 is 0. The quantitative estimate of drug-likeness (QED) is 0.410. The summed E-state index contributed by atoms with van der Waals surface area (Å²) in [6.07, 6.45) is -2.27. The Morgan fingerprint density at radius 3 is 2.56 bits per heavy atom. The number of aromatic carboxylic acids is 1. The number of benzene rings is 1. The van der Waals surface area contributed by atoms with Crippen LogP contribution < -0.4 is 5.32 Å². The number of rotatable bonds is 5. The van der Waals surface area contributed by atoms with E-state index in [2.05, 4.69) is 20.6 Å². The van der Waals surface area contributed by atoms with E-state index in [0.717, 1.165) is 18.5 Å². The summed E-state index contributed by atoms with van der Waals surface area (Å²) in [6.45, 7) is 1.24. The largest absolute Gasteiger partial charge is 0.477 e. The third-order valence-electron chi connectivity index (χ3n) is 4.63. The van der Waals surface area contributed by atoms with E-state index in [4.69, 9.17) is 4.52 Å². The second-order valence-corrected chi connectivity index (χ2v) is 6.94. The molecule has 3 heterocycles. The lowest BCUT2D eigenvalue weighted by Gasteiger charge is -2.13. The van der Waals surface area contributed by atoms with Crippen LogP contribution >= 0.6 is 0 Å². The number of carboxylic acid groups (broad SMARTS) is 1. The second-order valence-electron chi connectivity index (χ2n) is 6.94. The van der Waals surface area contributed by atoms with Gasteiger partial charge in [-0.05, 0) is 24.3 Å². The zero-order valence-corrected chi connectivity index (χ0v) is 17.1. The van der Waals surface area contributed by atoms with Gasteiger partial charge in [-0.25, -0.2) is 13.9 Å². The summed E-state index contributed by atoms with van der Waals surface area (Å²) in [4.78, 5) is 26.8. The van der Waals surface area contributed by atoms with Gasteiger partial charge in [-0.15, -0.1) is 0 Å². The van der Waals surface area contributed by atoms with Gasteiger partial charge in [0.25, 0.3) is 0 Å². The molecule has 0 unspecified atom stereocenters. The fourth-order valence-electron chi connectivity index (χ4n) is 3.33. The van der Waals surface area contributed by atoms with Crippen molar-refractivity contribution in [3.63, 3.8) is 0 Å². The number of hydrogen-bond donors (Lipinski definition) is 2. The predicted octanol–water partition coefficient (Wildman–Crippen LogP) is 4.40. The van der Waals surface area contributed by atoms with Crippen LogP contribution in [-0.2, 0) is 11.0 Å². The first-order chi connectivity index (χ1) is 16.1. The van der Waals surface area contributed by atoms with Crippen LogP contribution in [0.25, 0.3) is 28.3 Å². The number of nitrogens with zero attached hydrogens (tertiary/aromatic N) is 4. The van der Waals surface area contributed by atoms with Gasteiger partial charge in [-0.1, -0.05) is 11.2 Å². The monoisotopic (exact) mass is 475 g/mol. The van der Waals surface area contributed by atoms with Gasteiger partial charge in [0.2, 0.25) is 5.91 Å². The molecule has 2 N–H and O–H groups in total. The van der Waals surface area contributed by atoms with Crippen molar-refractivity contribution in [1.29, 1.82) is 0 Å². The van der Waals surface area contributed by atoms with E-state index in [1.807, 2.05) is 0 Å². The number of alkyl halides is 3. The van der Waals surface area contributed by atoms with E-state index in [1.54, 1.807) is 0 Å². The molecule has 0 bridgehead atoms. The normalized spacial score (nSPS) is 11.4. The van der Waals surface area contributed by atoms with Gasteiger partial charge in [0, 0.05) is 24.4 Å². The van der Waals surface area contributed by atoms with Gasteiger partial charge in [0.05, 0.1) is 23.6 Å². The van der Waals surface area contributed by atoms with Crippen LogP contribution in [0.2, 0.25) is 0 Å². The van der Waals surface area contributed by atoms with Crippen molar-refractivity contribution in [2.45, 2.75) is 13.1 Å². The summed E-state index contributed by atoms with van der Waals surface area (Å²) in [6, 6.07) is 6.56. The molecule has 0 spiro atoms. The number of carbonyl (C=O) groups is 2. The molecule has 0 aliphatic carbocycles. The van der Waals surface area contributed by atoms with E-state index in [9.17, 15) is 32.3 Å². The molecule has 34 heavy (non-hydrogen) atoms. The molecule has 1 amide bonds. The average molecular weight is 475 g/mol. The Bertz CT molecular complexity index is 1410. The van der Waals surface area contributed by atoms with Crippen molar-refractivity contribution in [3.8, 4) is 28.3 Å².